The number of hydrogen-bond donors (Lipinski definition) is 2. The standard InChI is InChI=1S/C15H24N2O3S/c1-12(9-10-20-2)17-21(18,19)15-7-3-13(4-8-15)11-16-14-5-6-14/h3-4,7-8,12,14,16-17H,5-6,9-11H2,1-2H3. The molecule has 2 rings (SSSR count). The van der Waals surface area contributed by atoms with Crippen molar-refractivity contribution in [3.63, 3.8) is 0 Å². The zero-order valence-corrected chi connectivity index (χ0v) is 13.4. The third kappa shape index (κ3) is 5.39. The molecule has 0 aromatic heterocycles. The van der Waals surface area contributed by atoms with Crippen LogP contribution in [-0.4, -0.2) is 34.2 Å². The number of nitrogens with one attached hydrogen (secondary N) is 2. The number of methoxy groups -OCH3 is 1. The molecule has 0 saturated heterocycles. The molecule has 0 radical (unpaired) electrons. The predicted molar refractivity (Wildman–Crippen MR) is 82.6 cm³/mol. The first-order chi connectivity index (χ1) is 10.0. The minimum absolute atomic E-state index is 0.147. The average molecular weight is 312 g/mol. The Kier molecular flexibility index (Phi) is 5.75. The highest BCUT2D eigenvalue weighted by Crippen LogP contribution is 2.19. The summed E-state index contributed by atoms with van der Waals surface area (Å²) in [6, 6.07) is 7.56. The lowest BCUT2D eigenvalue weighted by molar-refractivity contribution is 0.188. The Morgan fingerprint density at radius 3 is 2.52 bits per heavy atom. The quantitative estimate of drug-likeness (QED) is 0.727. The first-order valence-electron chi connectivity index (χ1n) is 7.35. The fraction of sp³-hybridized carbons (Fsp3) is 0.600. The summed E-state index contributed by atoms with van der Waals surface area (Å²) in [5, 5.41) is 3.41. The Bertz CT molecular complexity index is 539. The molecule has 1 aromatic rings. The van der Waals surface area contributed by atoms with Gasteiger partial charge in [-0.1, -0.05) is 12.1 Å². The summed E-state index contributed by atoms with van der Waals surface area (Å²) in [6.45, 7) is 3.17. The van der Waals surface area contributed by atoms with Gasteiger partial charge in [0.2, 0.25) is 10.0 Å². The second-order valence-corrected chi connectivity index (χ2v) is 7.32. The first kappa shape index (κ1) is 16.4. The van der Waals surface area contributed by atoms with E-state index in [0.29, 0.717) is 24.0 Å². The van der Waals surface area contributed by atoms with Crippen molar-refractivity contribution in [2.75, 3.05) is 13.7 Å². The van der Waals surface area contributed by atoms with Crippen LogP contribution in [0, 0.1) is 0 Å². The van der Waals surface area contributed by atoms with Crippen molar-refractivity contribution in [1.82, 2.24) is 10.0 Å². The Balaban J connectivity index is 1.92. The molecule has 21 heavy (non-hydrogen) atoms. The molecule has 1 aliphatic rings. The van der Waals surface area contributed by atoms with E-state index in [1.54, 1.807) is 19.2 Å². The monoisotopic (exact) mass is 312 g/mol. The van der Waals surface area contributed by atoms with Crippen LogP contribution in [0.15, 0.2) is 29.2 Å². The molecule has 0 heterocycles. The number of ether oxygens (including phenoxy) is 1. The van der Waals surface area contributed by atoms with Gasteiger partial charge in [-0.3, -0.25) is 0 Å². The summed E-state index contributed by atoms with van der Waals surface area (Å²) < 4.78 is 32.1. The number of rotatable bonds is 9. The van der Waals surface area contributed by atoms with Crippen molar-refractivity contribution in [2.45, 2.75) is 49.7 Å². The molecule has 0 aliphatic heterocycles. The molecule has 1 atom stereocenters. The average Bonchev–Trinajstić information content (AvgIpc) is 3.27. The maximum atomic E-state index is 12.2. The topological polar surface area (TPSA) is 67.4 Å². The molecule has 1 saturated carbocycles. The van der Waals surface area contributed by atoms with Crippen molar-refractivity contribution >= 4 is 10.0 Å². The van der Waals surface area contributed by atoms with Crippen LogP contribution < -0.4 is 10.0 Å². The second-order valence-electron chi connectivity index (χ2n) is 5.60. The van der Waals surface area contributed by atoms with E-state index in [4.69, 9.17) is 4.74 Å². The van der Waals surface area contributed by atoms with E-state index < -0.39 is 10.0 Å². The van der Waals surface area contributed by atoms with Crippen molar-refractivity contribution in [2.24, 2.45) is 0 Å². The summed E-state index contributed by atoms with van der Waals surface area (Å²) in [6.07, 6.45) is 3.14. The fourth-order valence-corrected chi connectivity index (χ4v) is 3.30. The van der Waals surface area contributed by atoms with Crippen LogP contribution in [0.3, 0.4) is 0 Å². The van der Waals surface area contributed by atoms with Gasteiger partial charge in [0.15, 0.2) is 0 Å². The third-order valence-corrected chi connectivity index (χ3v) is 5.12. The van der Waals surface area contributed by atoms with E-state index >= 15 is 0 Å². The molecule has 0 amide bonds. The molecule has 1 aliphatic carbocycles. The molecule has 5 nitrogen and oxygen atoms in total. The van der Waals surface area contributed by atoms with Gasteiger partial charge in [-0.15, -0.1) is 0 Å². The molecular formula is C15H24N2O3S. The highest BCUT2D eigenvalue weighted by atomic mass is 32.2. The number of sulfonamides is 1. The Labute approximate surface area is 127 Å². The zero-order valence-electron chi connectivity index (χ0n) is 12.6. The van der Waals surface area contributed by atoms with Gasteiger partial charge < -0.3 is 10.1 Å². The van der Waals surface area contributed by atoms with Gasteiger partial charge in [0.1, 0.15) is 0 Å². The van der Waals surface area contributed by atoms with Crippen LogP contribution in [0.25, 0.3) is 0 Å². The SMILES string of the molecule is COCCC(C)NS(=O)(=O)c1ccc(CNC2CC2)cc1. The van der Waals surface area contributed by atoms with Gasteiger partial charge in [-0.05, 0) is 43.9 Å². The smallest absolute Gasteiger partial charge is 0.240 e. The molecule has 1 unspecified atom stereocenters. The Hall–Kier alpha value is -0.950. The normalized spacial score (nSPS) is 16.9. The van der Waals surface area contributed by atoms with Crippen LogP contribution in [-0.2, 0) is 21.3 Å². The summed E-state index contributed by atoms with van der Waals surface area (Å²) in [5.41, 5.74) is 1.10. The lowest BCUT2D eigenvalue weighted by Crippen LogP contribution is -2.33. The lowest BCUT2D eigenvalue weighted by atomic mass is 10.2. The van der Waals surface area contributed by atoms with Gasteiger partial charge in [0.25, 0.3) is 0 Å². The van der Waals surface area contributed by atoms with Crippen molar-refractivity contribution < 1.29 is 13.2 Å². The first-order valence-corrected chi connectivity index (χ1v) is 8.83. The molecular weight excluding hydrogens is 288 g/mol. The summed E-state index contributed by atoms with van der Waals surface area (Å²) in [4.78, 5) is 0.307. The van der Waals surface area contributed by atoms with Crippen LogP contribution in [0.2, 0.25) is 0 Å². The summed E-state index contributed by atoms with van der Waals surface area (Å²) in [5.74, 6) is 0. The molecule has 6 heteroatoms. The highest BCUT2D eigenvalue weighted by molar-refractivity contribution is 7.89. The predicted octanol–water partition coefficient (Wildman–Crippen LogP) is 1.64. The summed E-state index contributed by atoms with van der Waals surface area (Å²) >= 11 is 0. The molecule has 2 N–H and O–H groups in total. The maximum absolute atomic E-state index is 12.2. The molecule has 0 spiro atoms. The second kappa shape index (κ2) is 7.35. The Morgan fingerprint density at radius 1 is 1.29 bits per heavy atom. The van der Waals surface area contributed by atoms with Crippen LogP contribution in [0.4, 0.5) is 0 Å². The molecule has 1 aromatic carbocycles. The van der Waals surface area contributed by atoms with Gasteiger partial charge in [0, 0.05) is 32.3 Å². The van der Waals surface area contributed by atoms with E-state index in [0.717, 1.165) is 12.1 Å². The van der Waals surface area contributed by atoms with Crippen LogP contribution in [0.1, 0.15) is 31.7 Å². The minimum Gasteiger partial charge on any atom is -0.385 e. The van der Waals surface area contributed by atoms with Crippen LogP contribution in [0.5, 0.6) is 0 Å². The highest BCUT2D eigenvalue weighted by Gasteiger charge is 2.20. The number of hydrogen-bond acceptors (Lipinski definition) is 4. The number of benzene rings is 1. The molecule has 118 valence electrons. The zero-order chi connectivity index (χ0) is 15.3. The van der Waals surface area contributed by atoms with E-state index in [2.05, 4.69) is 10.0 Å². The lowest BCUT2D eigenvalue weighted by Gasteiger charge is -2.14. The van der Waals surface area contributed by atoms with Crippen molar-refractivity contribution in [1.29, 1.82) is 0 Å². The van der Waals surface area contributed by atoms with Crippen molar-refractivity contribution in [3.05, 3.63) is 29.8 Å². The summed E-state index contributed by atoms with van der Waals surface area (Å²) in [7, 11) is -1.84. The third-order valence-electron chi connectivity index (χ3n) is 3.52. The van der Waals surface area contributed by atoms with Crippen LogP contribution >= 0.6 is 0 Å². The van der Waals surface area contributed by atoms with Gasteiger partial charge in [-0.2, -0.15) is 0 Å². The molecule has 0 bridgehead atoms. The van der Waals surface area contributed by atoms with E-state index in [-0.39, 0.29) is 6.04 Å². The van der Waals surface area contributed by atoms with E-state index in [1.807, 2.05) is 19.1 Å². The Morgan fingerprint density at radius 2 is 1.95 bits per heavy atom. The fourth-order valence-electron chi connectivity index (χ4n) is 2.02. The van der Waals surface area contributed by atoms with E-state index in [1.165, 1.54) is 12.8 Å². The van der Waals surface area contributed by atoms with Gasteiger partial charge in [-0.25, -0.2) is 13.1 Å². The molecule has 1 fully saturated rings. The van der Waals surface area contributed by atoms with Gasteiger partial charge >= 0.3 is 0 Å². The largest absolute Gasteiger partial charge is 0.385 e. The minimum atomic E-state index is -3.45. The van der Waals surface area contributed by atoms with E-state index in [9.17, 15) is 8.42 Å². The van der Waals surface area contributed by atoms with Crippen molar-refractivity contribution in [3.8, 4) is 0 Å². The maximum Gasteiger partial charge on any atom is 0.240 e. The van der Waals surface area contributed by atoms with Gasteiger partial charge in [0.05, 0.1) is 4.90 Å².